The van der Waals surface area contributed by atoms with Gasteiger partial charge >= 0.3 is 0 Å². The van der Waals surface area contributed by atoms with Gasteiger partial charge in [-0.1, -0.05) is 32.9 Å². The number of nitrogens with zero attached hydrogens (tertiary/aromatic N) is 1. The van der Waals surface area contributed by atoms with Crippen LogP contribution >= 0.6 is 0 Å². The highest BCUT2D eigenvalue weighted by Crippen LogP contribution is 2.31. The largest absolute Gasteiger partial charge is 0.384 e. The Morgan fingerprint density at radius 1 is 1.18 bits per heavy atom. The third-order valence-electron chi connectivity index (χ3n) is 4.55. The second-order valence-electron chi connectivity index (χ2n) is 7.39. The monoisotopic (exact) mass is 296 g/mol. The molecule has 1 atom stereocenters. The summed E-state index contributed by atoms with van der Waals surface area (Å²) in [5.74, 6) is 0.521. The summed E-state index contributed by atoms with van der Waals surface area (Å²) in [7, 11) is 1.80. The standard InChI is InChI=1S/C20H26NO/c1-20(2,3)17-8-9-18-16(12-17)11-15(14-22-4)13-21-10-6-5-7-19(18)21/h5-10,12,15H,11,13-14H2,1-4H3/q+1. The van der Waals surface area contributed by atoms with Crippen LogP contribution in [0, 0.1) is 5.92 Å². The van der Waals surface area contributed by atoms with Gasteiger partial charge in [0.15, 0.2) is 12.7 Å². The Bertz CT molecular complexity index is 670. The lowest BCUT2D eigenvalue weighted by Gasteiger charge is -2.21. The van der Waals surface area contributed by atoms with Gasteiger partial charge in [-0.25, -0.2) is 0 Å². The molecule has 2 heteroatoms. The van der Waals surface area contributed by atoms with Crippen molar-refractivity contribution in [1.29, 1.82) is 0 Å². The van der Waals surface area contributed by atoms with E-state index < -0.39 is 0 Å². The van der Waals surface area contributed by atoms with Gasteiger partial charge in [0.1, 0.15) is 0 Å². The predicted molar refractivity (Wildman–Crippen MR) is 89.8 cm³/mol. The normalized spacial score (nSPS) is 17.5. The molecule has 0 aliphatic carbocycles. The molecule has 22 heavy (non-hydrogen) atoms. The Balaban J connectivity index is 2.13. The van der Waals surface area contributed by atoms with Crippen molar-refractivity contribution in [3.05, 3.63) is 53.7 Å². The lowest BCUT2D eigenvalue weighted by atomic mass is 9.83. The topological polar surface area (TPSA) is 13.1 Å². The smallest absolute Gasteiger partial charge is 0.212 e. The molecule has 0 fully saturated rings. The highest BCUT2D eigenvalue weighted by atomic mass is 16.5. The van der Waals surface area contributed by atoms with Gasteiger partial charge in [-0.3, -0.25) is 0 Å². The summed E-state index contributed by atoms with van der Waals surface area (Å²) in [5.41, 5.74) is 5.73. The maximum atomic E-state index is 5.45. The number of hydrogen-bond acceptors (Lipinski definition) is 1. The molecule has 1 aromatic heterocycles. The molecule has 0 saturated carbocycles. The minimum absolute atomic E-state index is 0.185. The van der Waals surface area contributed by atoms with Crippen molar-refractivity contribution in [2.24, 2.45) is 5.92 Å². The number of hydrogen-bond donors (Lipinski definition) is 0. The third-order valence-corrected chi connectivity index (χ3v) is 4.55. The Morgan fingerprint density at radius 3 is 2.73 bits per heavy atom. The summed E-state index contributed by atoms with van der Waals surface area (Å²) in [6.07, 6.45) is 3.26. The molecular weight excluding hydrogens is 270 g/mol. The van der Waals surface area contributed by atoms with Crippen molar-refractivity contribution >= 4 is 0 Å². The van der Waals surface area contributed by atoms with E-state index in [9.17, 15) is 0 Å². The van der Waals surface area contributed by atoms with Crippen LogP contribution in [0.4, 0.5) is 0 Å². The molecule has 2 nitrogen and oxygen atoms in total. The fourth-order valence-corrected chi connectivity index (χ4v) is 3.36. The summed E-state index contributed by atoms with van der Waals surface area (Å²) >= 11 is 0. The lowest BCUT2D eigenvalue weighted by molar-refractivity contribution is -0.692. The van der Waals surface area contributed by atoms with Crippen molar-refractivity contribution in [2.75, 3.05) is 13.7 Å². The van der Waals surface area contributed by atoms with Crippen LogP contribution in [0.2, 0.25) is 0 Å². The number of methoxy groups -OCH3 is 1. The average molecular weight is 296 g/mol. The van der Waals surface area contributed by atoms with E-state index in [2.05, 4.69) is 67.9 Å². The second-order valence-corrected chi connectivity index (χ2v) is 7.39. The molecule has 1 unspecified atom stereocenters. The van der Waals surface area contributed by atoms with E-state index in [-0.39, 0.29) is 5.41 Å². The summed E-state index contributed by atoms with van der Waals surface area (Å²) in [4.78, 5) is 0. The fraction of sp³-hybridized carbons (Fsp3) is 0.450. The van der Waals surface area contributed by atoms with E-state index in [1.165, 1.54) is 22.4 Å². The first-order valence-electron chi connectivity index (χ1n) is 8.10. The molecule has 0 N–H and O–H groups in total. The average Bonchev–Trinajstić information content (AvgIpc) is 2.62. The molecule has 0 bridgehead atoms. The molecule has 0 spiro atoms. The van der Waals surface area contributed by atoms with Crippen LogP contribution in [0.15, 0.2) is 42.6 Å². The Kier molecular flexibility index (Phi) is 4.05. The number of ether oxygens (including phenoxy) is 1. The van der Waals surface area contributed by atoms with E-state index >= 15 is 0 Å². The summed E-state index contributed by atoms with van der Waals surface area (Å²) in [5, 5.41) is 0. The first-order valence-corrected chi connectivity index (χ1v) is 8.10. The summed E-state index contributed by atoms with van der Waals surface area (Å²) in [6, 6.07) is 13.5. The van der Waals surface area contributed by atoms with Crippen molar-refractivity contribution < 1.29 is 9.30 Å². The third kappa shape index (κ3) is 2.93. The zero-order valence-electron chi connectivity index (χ0n) is 14.1. The highest BCUT2D eigenvalue weighted by molar-refractivity contribution is 5.62. The maximum Gasteiger partial charge on any atom is 0.212 e. The lowest BCUT2D eigenvalue weighted by Crippen LogP contribution is -2.39. The molecule has 2 aromatic rings. The van der Waals surface area contributed by atoms with E-state index in [0.29, 0.717) is 5.92 Å². The molecule has 116 valence electrons. The zero-order valence-corrected chi connectivity index (χ0v) is 14.1. The SMILES string of the molecule is COCC1Cc2cc(C(C)(C)C)ccc2-c2cccc[n+]2C1. The van der Waals surface area contributed by atoms with Gasteiger partial charge in [-0.15, -0.1) is 0 Å². The van der Waals surface area contributed by atoms with Crippen LogP contribution < -0.4 is 4.57 Å². The number of rotatable bonds is 2. The minimum Gasteiger partial charge on any atom is -0.384 e. The van der Waals surface area contributed by atoms with Crippen LogP contribution in [-0.4, -0.2) is 13.7 Å². The molecule has 3 rings (SSSR count). The number of fused-ring (bicyclic) bond motifs is 3. The molecule has 0 radical (unpaired) electrons. The first-order chi connectivity index (χ1) is 10.5. The van der Waals surface area contributed by atoms with Crippen molar-refractivity contribution in [1.82, 2.24) is 0 Å². The number of aromatic nitrogens is 1. The molecule has 1 aliphatic heterocycles. The highest BCUT2D eigenvalue weighted by Gasteiger charge is 2.27. The maximum absolute atomic E-state index is 5.45. The van der Waals surface area contributed by atoms with Crippen molar-refractivity contribution in [3.63, 3.8) is 0 Å². The van der Waals surface area contributed by atoms with Crippen LogP contribution in [-0.2, 0) is 23.1 Å². The van der Waals surface area contributed by atoms with Gasteiger partial charge in [-0.2, -0.15) is 4.57 Å². The van der Waals surface area contributed by atoms with Crippen molar-refractivity contribution in [3.8, 4) is 11.3 Å². The predicted octanol–water partition coefficient (Wildman–Crippen LogP) is 3.76. The molecule has 0 saturated heterocycles. The second kappa shape index (κ2) is 5.85. The molecule has 1 aromatic carbocycles. The van der Waals surface area contributed by atoms with Crippen LogP contribution in [0.3, 0.4) is 0 Å². The molecular formula is C20H26NO+. The van der Waals surface area contributed by atoms with Gasteiger partial charge < -0.3 is 4.74 Å². The van der Waals surface area contributed by atoms with Crippen LogP contribution in [0.25, 0.3) is 11.3 Å². The quantitative estimate of drug-likeness (QED) is 0.769. The van der Waals surface area contributed by atoms with Crippen LogP contribution in [0.1, 0.15) is 31.9 Å². The van der Waals surface area contributed by atoms with Gasteiger partial charge in [0.05, 0.1) is 6.61 Å². The fourth-order valence-electron chi connectivity index (χ4n) is 3.36. The Morgan fingerprint density at radius 2 is 2.00 bits per heavy atom. The van der Waals surface area contributed by atoms with Gasteiger partial charge in [-0.05, 0) is 35.1 Å². The van der Waals surface area contributed by atoms with E-state index in [4.69, 9.17) is 4.74 Å². The summed E-state index contributed by atoms with van der Waals surface area (Å²) < 4.78 is 7.82. The molecule has 0 amide bonds. The zero-order chi connectivity index (χ0) is 15.7. The summed E-state index contributed by atoms with van der Waals surface area (Å²) in [6.45, 7) is 8.66. The minimum atomic E-state index is 0.185. The number of benzene rings is 1. The van der Waals surface area contributed by atoms with E-state index in [0.717, 1.165) is 19.6 Å². The van der Waals surface area contributed by atoms with Crippen LogP contribution in [0.5, 0.6) is 0 Å². The van der Waals surface area contributed by atoms with E-state index in [1.807, 2.05) is 0 Å². The Hall–Kier alpha value is -1.67. The number of pyridine rings is 1. The van der Waals surface area contributed by atoms with Gasteiger partial charge in [0.25, 0.3) is 0 Å². The molecule has 1 aliphatic rings. The van der Waals surface area contributed by atoms with Crippen molar-refractivity contribution in [2.45, 2.75) is 39.2 Å². The van der Waals surface area contributed by atoms with E-state index in [1.54, 1.807) is 7.11 Å². The van der Waals surface area contributed by atoms with Gasteiger partial charge in [0, 0.05) is 30.7 Å². The first kappa shape index (κ1) is 15.2. The molecule has 2 heterocycles. The van der Waals surface area contributed by atoms with Gasteiger partial charge in [0.2, 0.25) is 5.69 Å². The Labute approximate surface area is 133 Å².